The van der Waals surface area contributed by atoms with E-state index in [1.54, 1.807) is 6.33 Å². The first-order valence-electron chi connectivity index (χ1n) is 11.5. The number of nitrogens with zero attached hydrogens (tertiary/aromatic N) is 3. The molecule has 0 atom stereocenters. The molecule has 0 radical (unpaired) electrons. The number of furan rings is 1. The fraction of sp³-hybridized carbons (Fsp3) is 0.276. The van der Waals surface area contributed by atoms with Crippen molar-refractivity contribution in [3.05, 3.63) is 78.4 Å². The highest BCUT2D eigenvalue weighted by Gasteiger charge is 2.20. The van der Waals surface area contributed by atoms with Gasteiger partial charge in [-0.3, -0.25) is 4.98 Å². The second-order valence-electron chi connectivity index (χ2n) is 10.2. The van der Waals surface area contributed by atoms with Crippen LogP contribution in [0.15, 0.2) is 71.7 Å². The molecule has 0 saturated heterocycles. The minimum Gasteiger partial charge on any atom is -0.462 e. The Morgan fingerprint density at radius 1 is 0.879 bits per heavy atom. The summed E-state index contributed by atoms with van der Waals surface area (Å²) in [5.74, 6) is 0.554. The van der Waals surface area contributed by atoms with Crippen LogP contribution in [0, 0.1) is 5.92 Å². The van der Waals surface area contributed by atoms with Crippen LogP contribution in [0.2, 0.25) is 0 Å². The molecule has 3 heterocycles. The molecule has 0 N–H and O–H groups in total. The Morgan fingerprint density at radius 2 is 1.67 bits per heavy atom. The topological polar surface area (TPSA) is 51.8 Å². The summed E-state index contributed by atoms with van der Waals surface area (Å²) in [4.78, 5) is 13.8. The molecule has 0 unspecified atom stereocenters. The van der Waals surface area contributed by atoms with Gasteiger partial charge in [-0.2, -0.15) is 0 Å². The third kappa shape index (κ3) is 4.02. The SMILES string of the molecule is CC(C)Cc1coc2c(-c3cc(-c4cc(C(C)(C)C)c5ccccc5c4)ncn3)nccc12. The summed E-state index contributed by atoms with van der Waals surface area (Å²) in [6.45, 7) is 11.2. The number of fused-ring (bicyclic) bond motifs is 2. The lowest BCUT2D eigenvalue weighted by Crippen LogP contribution is -2.12. The smallest absolute Gasteiger partial charge is 0.162 e. The van der Waals surface area contributed by atoms with E-state index in [1.165, 1.54) is 21.9 Å². The van der Waals surface area contributed by atoms with Crippen LogP contribution >= 0.6 is 0 Å². The van der Waals surface area contributed by atoms with Crippen molar-refractivity contribution in [3.63, 3.8) is 0 Å². The molecule has 0 spiro atoms. The first-order valence-corrected chi connectivity index (χ1v) is 11.5. The maximum Gasteiger partial charge on any atom is 0.162 e. The van der Waals surface area contributed by atoms with Gasteiger partial charge in [0.1, 0.15) is 12.0 Å². The van der Waals surface area contributed by atoms with Crippen molar-refractivity contribution in [1.82, 2.24) is 15.0 Å². The highest BCUT2D eigenvalue weighted by Crippen LogP contribution is 2.36. The lowest BCUT2D eigenvalue weighted by molar-refractivity contribution is 0.593. The lowest BCUT2D eigenvalue weighted by Gasteiger charge is -2.22. The van der Waals surface area contributed by atoms with E-state index < -0.39 is 0 Å². The summed E-state index contributed by atoms with van der Waals surface area (Å²) in [7, 11) is 0. The first kappa shape index (κ1) is 21.3. The van der Waals surface area contributed by atoms with Gasteiger partial charge in [0, 0.05) is 17.1 Å². The quantitative estimate of drug-likeness (QED) is 0.292. The van der Waals surface area contributed by atoms with E-state index in [0.717, 1.165) is 40.0 Å². The molecule has 33 heavy (non-hydrogen) atoms. The zero-order chi connectivity index (χ0) is 23.2. The van der Waals surface area contributed by atoms with Gasteiger partial charge in [0.2, 0.25) is 0 Å². The van der Waals surface area contributed by atoms with E-state index in [-0.39, 0.29) is 5.41 Å². The van der Waals surface area contributed by atoms with Crippen molar-refractivity contribution in [2.45, 2.75) is 46.5 Å². The van der Waals surface area contributed by atoms with Gasteiger partial charge in [-0.15, -0.1) is 0 Å². The van der Waals surface area contributed by atoms with Crippen molar-refractivity contribution in [2.75, 3.05) is 0 Å². The molecule has 166 valence electrons. The number of benzene rings is 2. The van der Waals surface area contributed by atoms with Crippen molar-refractivity contribution >= 4 is 21.7 Å². The van der Waals surface area contributed by atoms with Crippen LogP contribution in [0.1, 0.15) is 45.7 Å². The fourth-order valence-corrected chi connectivity index (χ4v) is 4.52. The maximum atomic E-state index is 5.98. The monoisotopic (exact) mass is 435 g/mol. The largest absolute Gasteiger partial charge is 0.462 e. The Hall–Kier alpha value is -3.53. The van der Waals surface area contributed by atoms with Crippen LogP contribution < -0.4 is 0 Å². The molecule has 0 bridgehead atoms. The molecule has 5 rings (SSSR count). The molecule has 5 aromatic rings. The van der Waals surface area contributed by atoms with Gasteiger partial charge in [-0.05, 0) is 63.9 Å². The van der Waals surface area contributed by atoms with Gasteiger partial charge < -0.3 is 4.42 Å². The van der Waals surface area contributed by atoms with Gasteiger partial charge in [0.25, 0.3) is 0 Å². The zero-order valence-electron chi connectivity index (χ0n) is 19.9. The first-order chi connectivity index (χ1) is 15.8. The Balaban J connectivity index is 1.64. The molecule has 0 aliphatic rings. The number of pyridine rings is 1. The van der Waals surface area contributed by atoms with Gasteiger partial charge >= 0.3 is 0 Å². The molecule has 0 amide bonds. The second-order valence-corrected chi connectivity index (χ2v) is 10.2. The Morgan fingerprint density at radius 3 is 2.45 bits per heavy atom. The minimum absolute atomic E-state index is 0.0135. The van der Waals surface area contributed by atoms with Crippen molar-refractivity contribution in [3.8, 4) is 22.6 Å². The van der Waals surface area contributed by atoms with E-state index >= 15 is 0 Å². The third-order valence-corrected chi connectivity index (χ3v) is 6.07. The predicted octanol–water partition coefficient (Wildman–Crippen LogP) is 7.60. The van der Waals surface area contributed by atoms with Gasteiger partial charge in [-0.25, -0.2) is 9.97 Å². The minimum atomic E-state index is 0.0135. The van der Waals surface area contributed by atoms with Crippen LogP contribution in [0.4, 0.5) is 0 Å². The Bertz CT molecular complexity index is 1460. The van der Waals surface area contributed by atoms with Crippen molar-refractivity contribution in [1.29, 1.82) is 0 Å². The van der Waals surface area contributed by atoms with Crippen molar-refractivity contribution in [2.24, 2.45) is 5.92 Å². The highest BCUT2D eigenvalue weighted by molar-refractivity contribution is 5.93. The normalized spacial score (nSPS) is 12.2. The van der Waals surface area contributed by atoms with E-state index in [1.807, 2.05) is 24.6 Å². The molecular formula is C29H29N3O. The van der Waals surface area contributed by atoms with Crippen LogP contribution in [-0.4, -0.2) is 15.0 Å². The second kappa shape index (κ2) is 8.11. The Labute approximate surface area is 194 Å². The molecule has 2 aromatic carbocycles. The number of hydrogen-bond acceptors (Lipinski definition) is 4. The van der Waals surface area contributed by atoms with E-state index in [4.69, 9.17) is 4.42 Å². The molecule has 0 fully saturated rings. The molecule has 4 heteroatoms. The molecule has 4 nitrogen and oxygen atoms in total. The van der Waals surface area contributed by atoms with Gasteiger partial charge in [0.05, 0.1) is 17.7 Å². The maximum absolute atomic E-state index is 5.98. The predicted molar refractivity (Wildman–Crippen MR) is 135 cm³/mol. The third-order valence-electron chi connectivity index (χ3n) is 6.07. The average molecular weight is 436 g/mol. The standard InChI is InChI=1S/C29H29N3O/c1-18(2)12-21-16-33-28-23(21)10-11-30-27(28)26-15-25(31-17-32-26)20-13-19-8-6-7-9-22(19)24(14-20)29(3,4)5/h6-11,13-18H,12H2,1-5H3. The van der Waals surface area contributed by atoms with Crippen molar-refractivity contribution < 1.29 is 4.42 Å². The van der Waals surface area contributed by atoms with Gasteiger partial charge in [0.15, 0.2) is 5.58 Å². The Kier molecular flexibility index (Phi) is 5.24. The molecule has 0 aliphatic carbocycles. The summed E-state index contributed by atoms with van der Waals surface area (Å²) in [5, 5.41) is 3.60. The van der Waals surface area contributed by atoms with E-state index in [2.05, 4.69) is 86.0 Å². The average Bonchev–Trinajstić information content (AvgIpc) is 3.20. The van der Waals surface area contributed by atoms with Crippen LogP contribution in [-0.2, 0) is 11.8 Å². The summed E-state index contributed by atoms with van der Waals surface area (Å²) >= 11 is 0. The number of rotatable bonds is 4. The summed E-state index contributed by atoms with van der Waals surface area (Å²) in [6.07, 6.45) is 6.29. The molecule has 3 aromatic heterocycles. The number of aromatic nitrogens is 3. The summed E-state index contributed by atoms with van der Waals surface area (Å²) in [5.41, 5.74) is 6.79. The van der Waals surface area contributed by atoms with E-state index in [0.29, 0.717) is 5.92 Å². The summed E-state index contributed by atoms with van der Waals surface area (Å²) in [6, 6.07) is 17.1. The molecule has 0 aliphatic heterocycles. The highest BCUT2D eigenvalue weighted by atomic mass is 16.3. The van der Waals surface area contributed by atoms with Crippen LogP contribution in [0.3, 0.4) is 0 Å². The van der Waals surface area contributed by atoms with Crippen LogP contribution in [0.25, 0.3) is 44.4 Å². The zero-order valence-corrected chi connectivity index (χ0v) is 19.9. The van der Waals surface area contributed by atoms with E-state index in [9.17, 15) is 0 Å². The fourth-order valence-electron chi connectivity index (χ4n) is 4.52. The van der Waals surface area contributed by atoms with Gasteiger partial charge in [-0.1, -0.05) is 58.9 Å². The number of hydrogen-bond donors (Lipinski definition) is 0. The molecule has 0 saturated carbocycles. The van der Waals surface area contributed by atoms with Crippen LogP contribution in [0.5, 0.6) is 0 Å². The summed E-state index contributed by atoms with van der Waals surface area (Å²) < 4.78 is 5.98. The molecular weight excluding hydrogens is 406 g/mol. The lowest BCUT2D eigenvalue weighted by atomic mass is 9.82.